The molecule has 1 heterocycles. The normalized spacial score (nSPS) is 27.6. The van der Waals surface area contributed by atoms with Crippen LogP contribution in [0.1, 0.15) is 23.5 Å². The van der Waals surface area contributed by atoms with Crippen LogP contribution >= 0.6 is 0 Å². The second kappa shape index (κ2) is 2.99. The van der Waals surface area contributed by atoms with E-state index in [1.165, 1.54) is 11.1 Å². The lowest BCUT2D eigenvalue weighted by molar-refractivity contribution is 0.202. The molecule has 1 aromatic rings. The van der Waals surface area contributed by atoms with Gasteiger partial charge in [0.15, 0.2) is 0 Å². The van der Waals surface area contributed by atoms with Gasteiger partial charge in [0, 0.05) is 18.5 Å². The van der Waals surface area contributed by atoms with Gasteiger partial charge in [-0.25, -0.2) is 4.79 Å². The SMILES string of the molecule is NC(=O)N1CC2CC1Cc1ccccc12. The van der Waals surface area contributed by atoms with Crippen LogP contribution < -0.4 is 5.73 Å². The average Bonchev–Trinajstić information content (AvgIpc) is 2.57. The molecule has 78 valence electrons. The van der Waals surface area contributed by atoms with E-state index in [2.05, 4.69) is 24.3 Å². The number of nitrogens with zero attached hydrogens (tertiary/aromatic N) is 1. The minimum Gasteiger partial charge on any atom is -0.351 e. The van der Waals surface area contributed by atoms with Crippen LogP contribution in [0, 0.1) is 0 Å². The summed E-state index contributed by atoms with van der Waals surface area (Å²) >= 11 is 0. The van der Waals surface area contributed by atoms with Crippen molar-refractivity contribution in [3.05, 3.63) is 35.4 Å². The van der Waals surface area contributed by atoms with Crippen molar-refractivity contribution in [3.63, 3.8) is 0 Å². The summed E-state index contributed by atoms with van der Waals surface area (Å²) in [4.78, 5) is 13.1. The zero-order valence-electron chi connectivity index (χ0n) is 8.52. The Morgan fingerprint density at radius 1 is 1.40 bits per heavy atom. The first-order valence-corrected chi connectivity index (χ1v) is 5.39. The van der Waals surface area contributed by atoms with Crippen molar-refractivity contribution in [2.75, 3.05) is 6.54 Å². The summed E-state index contributed by atoms with van der Waals surface area (Å²) in [5.74, 6) is 0.507. The summed E-state index contributed by atoms with van der Waals surface area (Å²) in [7, 11) is 0. The maximum atomic E-state index is 11.2. The quantitative estimate of drug-likeness (QED) is 0.680. The number of hydrogen-bond donors (Lipinski definition) is 1. The fourth-order valence-electron chi connectivity index (χ4n) is 2.98. The predicted octanol–water partition coefficient (Wildman–Crippen LogP) is 1.48. The van der Waals surface area contributed by atoms with Gasteiger partial charge in [-0.2, -0.15) is 0 Å². The van der Waals surface area contributed by atoms with Gasteiger partial charge in [0.05, 0.1) is 0 Å². The Labute approximate surface area is 88.9 Å². The number of hydrogen-bond acceptors (Lipinski definition) is 1. The molecule has 1 saturated heterocycles. The topological polar surface area (TPSA) is 46.3 Å². The molecule has 1 aliphatic carbocycles. The highest BCUT2D eigenvalue weighted by atomic mass is 16.2. The maximum Gasteiger partial charge on any atom is 0.315 e. The molecule has 2 amide bonds. The van der Waals surface area contributed by atoms with Crippen molar-refractivity contribution in [2.24, 2.45) is 5.73 Å². The predicted molar refractivity (Wildman–Crippen MR) is 57.6 cm³/mol. The lowest BCUT2D eigenvalue weighted by atomic mass is 9.84. The van der Waals surface area contributed by atoms with Gasteiger partial charge in [0.2, 0.25) is 0 Å². The van der Waals surface area contributed by atoms with E-state index in [0.717, 1.165) is 19.4 Å². The fourth-order valence-corrected chi connectivity index (χ4v) is 2.98. The molecule has 2 atom stereocenters. The average molecular weight is 202 g/mol. The van der Waals surface area contributed by atoms with E-state index in [-0.39, 0.29) is 6.03 Å². The molecule has 15 heavy (non-hydrogen) atoms. The Balaban J connectivity index is 1.99. The number of urea groups is 1. The summed E-state index contributed by atoms with van der Waals surface area (Å²) in [6.45, 7) is 0.803. The Hall–Kier alpha value is -1.51. The lowest BCUT2D eigenvalue weighted by Crippen LogP contribution is -2.40. The first kappa shape index (κ1) is 8.77. The van der Waals surface area contributed by atoms with E-state index in [9.17, 15) is 4.79 Å². The standard InChI is InChI=1S/C12H14N2O/c13-12(15)14-7-9-6-10(14)5-8-3-1-2-4-11(8)9/h1-4,9-10H,5-7H2,(H2,13,15). The highest BCUT2D eigenvalue weighted by Gasteiger charge is 2.39. The zero-order chi connectivity index (χ0) is 10.4. The van der Waals surface area contributed by atoms with Crippen molar-refractivity contribution in [2.45, 2.75) is 24.8 Å². The fraction of sp³-hybridized carbons (Fsp3) is 0.417. The van der Waals surface area contributed by atoms with Gasteiger partial charge in [0.25, 0.3) is 0 Å². The Kier molecular flexibility index (Phi) is 1.75. The number of likely N-dealkylation sites (tertiary alicyclic amines) is 1. The Bertz CT molecular complexity index is 416. The van der Waals surface area contributed by atoms with Crippen molar-refractivity contribution < 1.29 is 4.79 Å². The van der Waals surface area contributed by atoms with Gasteiger partial charge in [-0.3, -0.25) is 0 Å². The molecule has 2 bridgehead atoms. The monoisotopic (exact) mass is 202 g/mol. The molecule has 2 unspecified atom stereocenters. The molecule has 3 heteroatoms. The highest BCUT2D eigenvalue weighted by molar-refractivity contribution is 5.73. The largest absolute Gasteiger partial charge is 0.351 e. The Morgan fingerprint density at radius 3 is 3.00 bits per heavy atom. The third kappa shape index (κ3) is 1.23. The Morgan fingerprint density at radius 2 is 2.20 bits per heavy atom. The summed E-state index contributed by atoms with van der Waals surface area (Å²) in [5, 5.41) is 0. The van der Waals surface area contributed by atoms with Gasteiger partial charge in [-0.1, -0.05) is 24.3 Å². The van der Waals surface area contributed by atoms with Crippen molar-refractivity contribution in [1.82, 2.24) is 4.90 Å². The number of fused-ring (bicyclic) bond motifs is 4. The third-order valence-electron chi connectivity index (χ3n) is 3.65. The molecule has 3 rings (SSSR count). The summed E-state index contributed by atoms with van der Waals surface area (Å²) in [6.07, 6.45) is 2.05. The van der Waals surface area contributed by atoms with Crippen LogP contribution in [0.5, 0.6) is 0 Å². The van der Waals surface area contributed by atoms with Crippen LogP contribution in [0.2, 0.25) is 0 Å². The number of primary amides is 1. The van der Waals surface area contributed by atoms with Crippen molar-refractivity contribution in [1.29, 1.82) is 0 Å². The van der Waals surface area contributed by atoms with E-state index in [1.54, 1.807) is 0 Å². The minimum absolute atomic E-state index is 0.268. The van der Waals surface area contributed by atoms with Gasteiger partial charge in [-0.15, -0.1) is 0 Å². The second-order valence-corrected chi connectivity index (χ2v) is 4.48. The van der Waals surface area contributed by atoms with Gasteiger partial charge in [0.1, 0.15) is 0 Å². The molecular formula is C12H14N2O. The van der Waals surface area contributed by atoms with E-state index in [0.29, 0.717) is 12.0 Å². The van der Waals surface area contributed by atoms with Crippen LogP contribution in [0.4, 0.5) is 4.79 Å². The molecule has 2 aliphatic rings. The van der Waals surface area contributed by atoms with Crippen LogP contribution in [0.15, 0.2) is 24.3 Å². The van der Waals surface area contributed by atoms with E-state index in [4.69, 9.17) is 5.73 Å². The first-order valence-electron chi connectivity index (χ1n) is 5.39. The summed E-state index contributed by atoms with van der Waals surface area (Å²) in [5.41, 5.74) is 8.18. The number of amides is 2. The molecule has 2 N–H and O–H groups in total. The number of carbonyl (C=O) groups is 1. The molecule has 0 spiro atoms. The second-order valence-electron chi connectivity index (χ2n) is 4.48. The maximum absolute atomic E-state index is 11.2. The molecule has 0 aromatic heterocycles. The minimum atomic E-state index is -0.268. The summed E-state index contributed by atoms with van der Waals surface area (Å²) < 4.78 is 0. The number of carbonyl (C=O) groups excluding carboxylic acids is 1. The van der Waals surface area contributed by atoms with Gasteiger partial charge in [-0.05, 0) is 24.0 Å². The molecule has 1 aliphatic heterocycles. The van der Waals surface area contributed by atoms with Gasteiger partial charge >= 0.3 is 6.03 Å². The molecule has 1 fully saturated rings. The molecule has 3 nitrogen and oxygen atoms in total. The van der Waals surface area contributed by atoms with Crippen LogP contribution in [0.25, 0.3) is 0 Å². The van der Waals surface area contributed by atoms with Gasteiger partial charge < -0.3 is 10.6 Å². The van der Waals surface area contributed by atoms with Crippen molar-refractivity contribution >= 4 is 6.03 Å². The summed E-state index contributed by atoms with van der Waals surface area (Å²) in [6, 6.07) is 8.56. The lowest BCUT2D eigenvalue weighted by Gasteiger charge is -2.24. The van der Waals surface area contributed by atoms with Crippen LogP contribution in [-0.2, 0) is 6.42 Å². The first-order chi connectivity index (χ1) is 7.25. The molecule has 1 aromatic carbocycles. The smallest absolute Gasteiger partial charge is 0.315 e. The number of nitrogens with two attached hydrogens (primary N) is 1. The van der Waals surface area contributed by atoms with E-state index < -0.39 is 0 Å². The van der Waals surface area contributed by atoms with E-state index in [1.807, 2.05) is 4.90 Å². The number of rotatable bonds is 0. The molecule has 0 radical (unpaired) electrons. The van der Waals surface area contributed by atoms with Crippen LogP contribution in [0.3, 0.4) is 0 Å². The van der Waals surface area contributed by atoms with Crippen molar-refractivity contribution in [3.8, 4) is 0 Å². The third-order valence-corrected chi connectivity index (χ3v) is 3.65. The van der Waals surface area contributed by atoms with Crippen LogP contribution in [-0.4, -0.2) is 23.5 Å². The van der Waals surface area contributed by atoms with E-state index >= 15 is 0 Å². The molecule has 0 saturated carbocycles. The highest BCUT2D eigenvalue weighted by Crippen LogP contribution is 2.39. The number of benzene rings is 1. The molecular weight excluding hydrogens is 188 g/mol. The zero-order valence-corrected chi connectivity index (χ0v) is 8.52.